The second-order valence-corrected chi connectivity index (χ2v) is 6.88. The number of pyridine rings is 1. The summed E-state index contributed by atoms with van der Waals surface area (Å²) in [4.78, 5) is 20.2. The third kappa shape index (κ3) is 4.06. The van der Waals surface area contributed by atoms with Gasteiger partial charge in [-0.25, -0.2) is 9.78 Å². The van der Waals surface area contributed by atoms with Crippen LogP contribution in [0.2, 0.25) is 5.02 Å². The zero-order valence-electron chi connectivity index (χ0n) is 13.3. The van der Waals surface area contributed by atoms with E-state index in [0.717, 1.165) is 31.6 Å². The van der Waals surface area contributed by atoms with Crippen LogP contribution in [0.3, 0.4) is 0 Å². The highest BCUT2D eigenvalue weighted by molar-refractivity contribution is 6.32. The van der Waals surface area contributed by atoms with Crippen molar-refractivity contribution in [2.75, 3.05) is 31.6 Å². The summed E-state index contributed by atoms with van der Waals surface area (Å²) in [5.41, 5.74) is 0. The van der Waals surface area contributed by atoms with Crippen molar-refractivity contribution in [3.8, 4) is 0 Å². The van der Waals surface area contributed by atoms with Crippen LogP contribution in [0.15, 0.2) is 18.3 Å². The maximum Gasteiger partial charge on any atom is 0.317 e. The molecule has 2 heterocycles. The van der Waals surface area contributed by atoms with E-state index in [4.69, 9.17) is 11.6 Å². The molecule has 0 aromatic carbocycles. The summed E-state index contributed by atoms with van der Waals surface area (Å²) in [5, 5.41) is 13.6. The van der Waals surface area contributed by atoms with Crippen LogP contribution in [0.5, 0.6) is 0 Å². The van der Waals surface area contributed by atoms with Gasteiger partial charge in [0.15, 0.2) is 0 Å². The van der Waals surface area contributed by atoms with Crippen molar-refractivity contribution in [1.82, 2.24) is 15.2 Å². The predicted molar refractivity (Wildman–Crippen MR) is 89.8 cm³/mol. The average molecular weight is 339 g/mol. The van der Waals surface area contributed by atoms with Gasteiger partial charge in [-0.2, -0.15) is 0 Å². The monoisotopic (exact) mass is 338 g/mol. The van der Waals surface area contributed by atoms with E-state index >= 15 is 0 Å². The molecule has 126 valence electrons. The molecule has 0 spiro atoms. The summed E-state index contributed by atoms with van der Waals surface area (Å²) in [5.74, 6) is 1.14. The minimum atomic E-state index is -0.404. The molecule has 1 aliphatic heterocycles. The molecule has 3 rings (SSSR count). The molecular formula is C16H23ClN4O2. The zero-order chi connectivity index (χ0) is 16.4. The molecule has 1 aromatic heterocycles. The van der Waals surface area contributed by atoms with Gasteiger partial charge in [-0.05, 0) is 37.3 Å². The maximum atomic E-state index is 12.2. The molecule has 2 unspecified atom stereocenters. The molecule has 2 fully saturated rings. The van der Waals surface area contributed by atoms with Crippen LogP contribution in [0.1, 0.15) is 19.3 Å². The smallest absolute Gasteiger partial charge is 0.317 e. The summed E-state index contributed by atoms with van der Waals surface area (Å²) < 4.78 is 0. The average Bonchev–Trinajstić information content (AvgIpc) is 3.28. The zero-order valence-corrected chi connectivity index (χ0v) is 14.0. The number of halogens is 1. The molecule has 1 saturated heterocycles. The van der Waals surface area contributed by atoms with Gasteiger partial charge < -0.3 is 20.2 Å². The first-order valence-corrected chi connectivity index (χ1v) is 8.47. The minimum Gasteiger partial charge on any atom is -0.391 e. The SMILES string of the molecule is CN(CC(O)C1CC1)C(=O)NC1CCN(c2ncccc2Cl)C1. The number of anilines is 1. The lowest BCUT2D eigenvalue weighted by Gasteiger charge is -2.24. The fourth-order valence-corrected chi connectivity index (χ4v) is 3.20. The van der Waals surface area contributed by atoms with E-state index in [1.54, 1.807) is 24.2 Å². The van der Waals surface area contributed by atoms with Crippen molar-refractivity contribution >= 4 is 23.4 Å². The van der Waals surface area contributed by atoms with Gasteiger partial charge in [0, 0.05) is 38.9 Å². The van der Waals surface area contributed by atoms with Crippen LogP contribution in [-0.4, -0.2) is 59.8 Å². The second kappa shape index (κ2) is 6.93. The summed E-state index contributed by atoms with van der Waals surface area (Å²) >= 11 is 6.17. The summed E-state index contributed by atoms with van der Waals surface area (Å²) in [6.45, 7) is 1.90. The molecule has 6 nitrogen and oxygen atoms in total. The number of carbonyl (C=O) groups excluding carboxylic acids is 1. The van der Waals surface area contributed by atoms with Crippen LogP contribution < -0.4 is 10.2 Å². The Kier molecular flexibility index (Phi) is 4.92. The highest BCUT2D eigenvalue weighted by Crippen LogP contribution is 2.32. The fourth-order valence-electron chi connectivity index (χ4n) is 2.96. The fraction of sp³-hybridized carbons (Fsp3) is 0.625. The van der Waals surface area contributed by atoms with Crippen LogP contribution in [0.4, 0.5) is 10.6 Å². The molecule has 2 atom stereocenters. The van der Waals surface area contributed by atoms with E-state index in [0.29, 0.717) is 24.0 Å². The topological polar surface area (TPSA) is 68.7 Å². The number of likely N-dealkylation sites (N-methyl/N-ethyl adjacent to an activating group) is 1. The summed E-state index contributed by atoms with van der Waals surface area (Å²) in [6.07, 6.45) is 4.31. The molecule has 0 radical (unpaired) electrons. The van der Waals surface area contributed by atoms with Gasteiger partial charge >= 0.3 is 6.03 Å². The number of urea groups is 1. The lowest BCUT2D eigenvalue weighted by Crippen LogP contribution is -2.46. The van der Waals surface area contributed by atoms with Gasteiger partial charge in [-0.3, -0.25) is 0 Å². The van der Waals surface area contributed by atoms with Gasteiger partial charge in [0.2, 0.25) is 0 Å². The van der Waals surface area contributed by atoms with Gasteiger partial charge in [-0.15, -0.1) is 0 Å². The molecular weight excluding hydrogens is 316 g/mol. The van der Waals surface area contributed by atoms with Gasteiger partial charge in [-0.1, -0.05) is 11.6 Å². The first kappa shape index (κ1) is 16.3. The van der Waals surface area contributed by atoms with Crippen molar-refractivity contribution < 1.29 is 9.90 Å². The number of carbonyl (C=O) groups is 1. The Morgan fingerprint density at radius 2 is 2.35 bits per heavy atom. The van der Waals surface area contributed by atoms with Crippen molar-refractivity contribution in [3.05, 3.63) is 23.4 Å². The Morgan fingerprint density at radius 1 is 1.57 bits per heavy atom. The van der Waals surface area contributed by atoms with E-state index < -0.39 is 6.10 Å². The Hall–Kier alpha value is -1.53. The summed E-state index contributed by atoms with van der Waals surface area (Å²) in [7, 11) is 1.73. The van der Waals surface area contributed by atoms with Crippen molar-refractivity contribution in [1.29, 1.82) is 0 Å². The van der Waals surface area contributed by atoms with Gasteiger partial charge in [0.25, 0.3) is 0 Å². The number of aliphatic hydroxyl groups is 1. The Morgan fingerprint density at radius 3 is 3.04 bits per heavy atom. The van der Waals surface area contributed by atoms with Crippen LogP contribution in [0, 0.1) is 5.92 Å². The van der Waals surface area contributed by atoms with E-state index in [2.05, 4.69) is 15.2 Å². The van der Waals surface area contributed by atoms with Gasteiger partial charge in [0.1, 0.15) is 5.82 Å². The normalized spacial score (nSPS) is 22.0. The highest BCUT2D eigenvalue weighted by atomic mass is 35.5. The molecule has 7 heteroatoms. The van der Waals surface area contributed by atoms with Crippen LogP contribution in [0.25, 0.3) is 0 Å². The van der Waals surface area contributed by atoms with Crippen LogP contribution >= 0.6 is 11.6 Å². The number of aliphatic hydroxyl groups excluding tert-OH is 1. The molecule has 2 N–H and O–H groups in total. The number of nitrogens with zero attached hydrogens (tertiary/aromatic N) is 3. The van der Waals surface area contributed by atoms with E-state index in [1.807, 2.05) is 6.07 Å². The summed E-state index contributed by atoms with van der Waals surface area (Å²) in [6, 6.07) is 3.56. The second-order valence-electron chi connectivity index (χ2n) is 6.48. The van der Waals surface area contributed by atoms with E-state index in [-0.39, 0.29) is 12.1 Å². The van der Waals surface area contributed by atoms with E-state index in [9.17, 15) is 9.90 Å². The maximum absolute atomic E-state index is 12.2. The minimum absolute atomic E-state index is 0.0705. The number of aromatic nitrogens is 1. The van der Waals surface area contributed by atoms with Crippen molar-refractivity contribution in [2.45, 2.75) is 31.4 Å². The number of rotatable bonds is 5. The molecule has 2 amide bonds. The number of hydrogen-bond donors (Lipinski definition) is 2. The number of amides is 2. The molecule has 1 saturated carbocycles. The Balaban J connectivity index is 1.49. The van der Waals surface area contributed by atoms with Gasteiger partial charge in [0.05, 0.1) is 11.1 Å². The first-order valence-electron chi connectivity index (χ1n) is 8.09. The molecule has 0 bridgehead atoms. The quantitative estimate of drug-likeness (QED) is 0.858. The standard InChI is InChI=1S/C16H23ClN4O2/c1-20(10-14(22)11-4-5-11)16(23)19-12-6-8-21(9-12)15-13(17)3-2-7-18-15/h2-3,7,11-12,14,22H,4-6,8-10H2,1H3,(H,19,23). The van der Waals surface area contributed by atoms with E-state index in [1.165, 1.54) is 0 Å². The van der Waals surface area contributed by atoms with Crippen LogP contribution in [-0.2, 0) is 0 Å². The Labute approximate surface area is 141 Å². The lowest BCUT2D eigenvalue weighted by molar-refractivity contribution is 0.113. The number of hydrogen-bond acceptors (Lipinski definition) is 4. The lowest BCUT2D eigenvalue weighted by atomic mass is 10.2. The largest absolute Gasteiger partial charge is 0.391 e. The molecule has 1 aromatic rings. The molecule has 23 heavy (non-hydrogen) atoms. The molecule has 1 aliphatic carbocycles. The van der Waals surface area contributed by atoms with Crippen molar-refractivity contribution in [3.63, 3.8) is 0 Å². The van der Waals surface area contributed by atoms with Crippen molar-refractivity contribution in [2.24, 2.45) is 5.92 Å². The highest BCUT2D eigenvalue weighted by Gasteiger charge is 2.32. The third-order valence-electron chi connectivity index (χ3n) is 4.53. The first-order chi connectivity index (χ1) is 11.0. The molecule has 2 aliphatic rings. The number of nitrogens with one attached hydrogen (secondary N) is 1. The predicted octanol–water partition coefficient (Wildman–Crippen LogP) is 1.73. The Bertz CT molecular complexity index is 567. The third-order valence-corrected chi connectivity index (χ3v) is 4.82.